The van der Waals surface area contributed by atoms with E-state index in [-0.39, 0.29) is 30.6 Å². The van der Waals surface area contributed by atoms with Crippen LogP contribution in [0.15, 0.2) is 0 Å². The maximum absolute atomic E-state index is 12.1. The van der Waals surface area contributed by atoms with E-state index in [1.807, 2.05) is 20.8 Å². The summed E-state index contributed by atoms with van der Waals surface area (Å²) in [5, 5.41) is 5.91. The molecule has 0 radical (unpaired) electrons. The molecule has 0 aliphatic carbocycles. The molecule has 0 aromatic rings. The quantitative estimate of drug-likeness (QED) is 0.632. The molecule has 1 aliphatic heterocycles. The van der Waals surface area contributed by atoms with Crippen molar-refractivity contribution < 1.29 is 14.3 Å². The van der Waals surface area contributed by atoms with Gasteiger partial charge in [-0.1, -0.05) is 13.8 Å². The third kappa shape index (κ3) is 5.46. The Hall–Kier alpha value is -1.14. The Morgan fingerprint density at radius 3 is 2.50 bits per heavy atom. The average Bonchev–Trinajstić information content (AvgIpc) is 2.39. The third-order valence-corrected chi connectivity index (χ3v) is 3.29. The van der Waals surface area contributed by atoms with E-state index < -0.39 is 0 Å². The molecule has 0 aromatic carbocycles. The third-order valence-electron chi connectivity index (χ3n) is 3.29. The van der Waals surface area contributed by atoms with Crippen LogP contribution in [0.3, 0.4) is 0 Å². The van der Waals surface area contributed by atoms with Gasteiger partial charge in [-0.3, -0.25) is 9.59 Å². The van der Waals surface area contributed by atoms with E-state index in [0.717, 1.165) is 25.9 Å². The fourth-order valence-corrected chi connectivity index (χ4v) is 1.96. The number of amides is 2. The topological polar surface area (TPSA) is 70.7 Å². The molecule has 1 heterocycles. The van der Waals surface area contributed by atoms with Gasteiger partial charge in [0.15, 0.2) is 0 Å². The highest BCUT2D eigenvalue weighted by Gasteiger charge is 2.33. The Morgan fingerprint density at radius 2 is 2.00 bits per heavy atom. The first kappa shape index (κ1) is 16.9. The van der Waals surface area contributed by atoms with Crippen LogP contribution in [0.5, 0.6) is 0 Å². The van der Waals surface area contributed by atoms with Crippen molar-refractivity contribution in [2.75, 3.05) is 39.3 Å². The van der Waals surface area contributed by atoms with Crippen molar-refractivity contribution in [1.82, 2.24) is 15.5 Å². The summed E-state index contributed by atoms with van der Waals surface area (Å²) in [7, 11) is 0. The predicted molar refractivity (Wildman–Crippen MR) is 77.4 cm³/mol. The van der Waals surface area contributed by atoms with Crippen LogP contribution in [-0.2, 0) is 14.3 Å². The molecule has 0 saturated carbocycles. The molecule has 1 saturated heterocycles. The molecule has 20 heavy (non-hydrogen) atoms. The summed E-state index contributed by atoms with van der Waals surface area (Å²) in [6.45, 7) is 8.89. The SMILES string of the molecule is CCCNC(=O)CN(CCC)C(=O)COC1(C)CNC1. The Balaban J connectivity index is 2.38. The van der Waals surface area contributed by atoms with Gasteiger partial charge in [-0.2, -0.15) is 0 Å². The van der Waals surface area contributed by atoms with E-state index in [9.17, 15) is 9.59 Å². The van der Waals surface area contributed by atoms with Crippen LogP contribution in [0.4, 0.5) is 0 Å². The van der Waals surface area contributed by atoms with Crippen molar-refractivity contribution in [3.05, 3.63) is 0 Å². The van der Waals surface area contributed by atoms with Crippen LogP contribution in [0, 0.1) is 0 Å². The highest BCUT2D eigenvalue weighted by atomic mass is 16.5. The fourth-order valence-electron chi connectivity index (χ4n) is 1.96. The number of nitrogens with one attached hydrogen (secondary N) is 2. The highest BCUT2D eigenvalue weighted by molar-refractivity contribution is 5.85. The van der Waals surface area contributed by atoms with Gasteiger partial charge in [0.25, 0.3) is 0 Å². The van der Waals surface area contributed by atoms with Gasteiger partial charge < -0.3 is 20.3 Å². The van der Waals surface area contributed by atoms with Gasteiger partial charge in [-0.15, -0.1) is 0 Å². The predicted octanol–water partition coefficient (Wildman–Crippen LogP) is 0.130. The van der Waals surface area contributed by atoms with Gasteiger partial charge >= 0.3 is 0 Å². The first-order valence-corrected chi connectivity index (χ1v) is 7.40. The summed E-state index contributed by atoms with van der Waals surface area (Å²) < 4.78 is 5.63. The minimum atomic E-state index is -0.238. The summed E-state index contributed by atoms with van der Waals surface area (Å²) in [4.78, 5) is 25.4. The Kier molecular flexibility index (Phi) is 6.95. The van der Waals surface area contributed by atoms with Gasteiger partial charge in [0.1, 0.15) is 6.61 Å². The molecule has 2 amide bonds. The number of hydrogen-bond donors (Lipinski definition) is 2. The van der Waals surface area contributed by atoms with Gasteiger partial charge in [-0.25, -0.2) is 0 Å². The summed E-state index contributed by atoms with van der Waals surface area (Å²) in [5.41, 5.74) is -0.238. The van der Waals surface area contributed by atoms with Gasteiger partial charge in [0, 0.05) is 26.2 Å². The van der Waals surface area contributed by atoms with E-state index in [4.69, 9.17) is 4.74 Å². The first-order valence-electron chi connectivity index (χ1n) is 7.40. The summed E-state index contributed by atoms with van der Waals surface area (Å²) in [6.07, 6.45) is 1.72. The molecule has 1 rings (SSSR count). The Morgan fingerprint density at radius 1 is 1.30 bits per heavy atom. The molecule has 116 valence electrons. The summed E-state index contributed by atoms with van der Waals surface area (Å²) >= 11 is 0. The zero-order valence-electron chi connectivity index (χ0n) is 12.8. The minimum absolute atomic E-state index is 0.0409. The minimum Gasteiger partial charge on any atom is -0.363 e. The standard InChI is InChI=1S/C14H27N3O3/c1-4-6-16-12(18)8-17(7-5-2)13(19)9-20-14(3)10-15-11-14/h15H,4-11H2,1-3H3,(H,16,18). The number of ether oxygens (including phenoxy) is 1. The zero-order valence-corrected chi connectivity index (χ0v) is 12.8. The largest absolute Gasteiger partial charge is 0.363 e. The fraction of sp³-hybridized carbons (Fsp3) is 0.857. The van der Waals surface area contributed by atoms with Crippen LogP contribution in [0.25, 0.3) is 0 Å². The second kappa shape index (κ2) is 8.21. The number of hydrogen-bond acceptors (Lipinski definition) is 4. The molecule has 1 fully saturated rings. The molecule has 6 nitrogen and oxygen atoms in total. The lowest BCUT2D eigenvalue weighted by Crippen LogP contribution is -2.59. The lowest BCUT2D eigenvalue weighted by atomic mass is 10.0. The van der Waals surface area contributed by atoms with Crippen molar-refractivity contribution in [2.24, 2.45) is 0 Å². The average molecular weight is 285 g/mol. The maximum atomic E-state index is 12.1. The molecule has 2 N–H and O–H groups in total. The molecule has 6 heteroatoms. The van der Waals surface area contributed by atoms with Crippen molar-refractivity contribution in [2.45, 2.75) is 39.2 Å². The summed E-state index contributed by atoms with van der Waals surface area (Å²) in [5.74, 6) is -0.225. The van der Waals surface area contributed by atoms with E-state index >= 15 is 0 Å². The number of nitrogens with zero attached hydrogens (tertiary/aromatic N) is 1. The molecule has 1 aliphatic rings. The second-order valence-electron chi connectivity index (χ2n) is 5.51. The van der Waals surface area contributed by atoms with E-state index in [0.29, 0.717) is 13.1 Å². The lowest BCUT2D eigenvalue weighted by Gasteiger charge is -2.39. The van der Waals surface area contributed by atoms with Crippen LogP contribution < -0.4 is 10.6 Å². The van der Waals surface area contributed by atoms with Crippen molar-refractivity contribution in [1.29, 1.82) is 0 Å². The highest BCUT2D eigenvalue weighted by Crippen LogP contribution is 2.15. The number of carbonyl (C=O) groups is 2. The molecule has 0 spiro atoms. The van der Waals surface area contributed by atoms with E-state index in [2.05, 4.69) is 10.6 Å². The Labute approximate surface area is 121 Å². The van der Waals surface area contributed by atoms with Gasteiger partial charge in [0.2, 0.25) is 11.8 Å². The van der Waals surface area contributed by atoms with Crippen LogP contribution in [-0.4, -0.2) is 61.6 Å². The Bertz CT molecular complexity index is 330. The normalized spacial score (nSPS) is 16.4. The molecular formula is C14H27N3O3. The smallest absolute Gasteiger partial charge is 0.249 e. The zero-order chi connectivity index (χ0) is 15.0. The molecule has 0 atom stereocenters. The van der Waals surface area contributed by atoms with Crippen molar-refractivity contribution >= 4 is 11.8 Å². The molecule has 0 bridgehead atoms. The molecule has 0 aromatic heterocycles. The van der Waals surface area contributed by atoms with Crippen LogP contribution in [0.2, 0.25) is 0 Å². The summed E-state index contributed by atoms with van der Waals surface area (Å²) in [6, 6.07) is 0. The van der Waals surface area contributed by atoms with Gasteiger partial charge in [0.05, 0.1) is 12.1 Å². The second-order valence-corrected chi connectivity index (χ2v) is 5.51. The van der Waals surface area contributed by atoms with Crippen molar-refractivity contribution in [3.63, 3.8) is 0 Å². The van der Waals surface area contributed by atoms with Gasteiger partial charge in [-0.05, 0) is 19.8 Å². The van der Waals surface area contributed by atoms with E-state index in [1.54, 1.807) is 4.90 Å². The molecule has 0 unspecified atom stereocenters. The molecular weight excluding hydrogens is 258 g/mol. The van der Waals surface area contributed by atoms with Crippen LogP contribution in [0.1, 0.15) is 33.6 Å². The van der Waals surface area contributed by atoms with Crippen molar-refractivity contribution in [3.8, 4) is 0 Å². The number of rotatable bonds is 9. The van der Waals surface area contributed by atoms with E-state index in [1.165, 1.54) is 0 Å². The monoisotopic (exact) mass is 285 g/mol. The van der Waals surface area contributed by atoms with Crippen LogP contribution >= 0.6 is 0 Å². The number of carbonyl (C=O) groups excluding carboxylic acids is 2. The maximum Gasteiger partial charge on any atom is 0.249 e. The lowest BCUT2D eigenvalue weighted by molar-refractivity contribution is -0.148. The first-order chi connectivity index (χ1) is 9.50.